The van der Waals surface area contributed by atoms with Crippen molar-refractivity contribution in [3.05, 3.63) is 65.2 Å². The monoisotopic (exact) mass is 358 g/mol. The molecule has 0 radical (unpaired) electrons. The van der Waals surface area contributed by atoms with Gasteiger partial charge in [-0.1, -0.05) is 6.92 Å². The van der Waals surface area contributed by atoms with Crippen LogP contribution in [0.15, 0.2) is 42.5 Å². The van der Waals surface area contributed by atoms with Gasteiger partial charge in [0.15, 0.2) is 11.6 Å². The number of likely N-dealkylation sites (tertiary alicyclic amines) is 1. The van der Waals surface area contributed by atoms with Crippen molar-refractivity contribution in [2.45, 2.75) is 19.8 Å². The zero-order chi connectivity index (χ0) is 18.7. The van der Waals surface area contributed by atoms with E-state index in [4.69, 9.17) is 0 Å². The van der Waals surface area contributed by atoms with Crippen LogP contribution in [0, 0.1) is 17.6 Å². The van der Waals surface area contributed by atoms with Gasteiger partial charge < -0.3 is 10.2 Å². The van der Waals surface area contributed by atoms with Gasteiger partial charge in [-0.2, -0.15) is 0 Å². The molecular formula is C20H20F2N2O2. The molecule has 2 aromatic carbocycles. The number of benzene rings is 2. The Morgan fingerprint density at radius 3 is 2.38 bits per heavy atom. The van der Waals surface area contributed by atoms with Gasteiger partial charge in [0.2, 0.25) is 0 Å². The highest BCUT2D eigenvalue weighted by atomic mass is 19.2. The van der Waals surface area contributed by atoms with Gasteiger partial charge in [0.25, 0.3) is 11.8 Å². The lowest BCUT2D eigenvalue weighted by atomic mass is 9.99. The average Bonchev–Trinajstić information content (AvgIpc) is 2.64. The molecule has 0 spiro atoms. The first-order chi connectivity index (χ1) is 12.4. The fourth-order valence-electron chi connectivity index (χ4n) is 3.10. The summed E-state index contributed by atoms with van der Waals surface area (Å²) >= 11 is 0. The van der Waals surface area contributed by atoms with Gasteiger partial charge in [-0.3, -0.25) is 9.59 Å². The molecule has 136 valence electrons. The van der Waals surface area contributed by atoms with Crippen LogP contribution in [0.25, 0.3) is 0 Å². The first kappa shape index (κ1) is 18.0. The Hall–Kier alpha value is -2.76. The molecule has 1 aliphatic rings. The summed E-state index contributed by atoms with van der Waals surface area (Å²) in [7, 11) is 0. The van der Waals surface area contributed by atoms with Gasteiger partial charge in [0.1, 0.15) is 0 Å². The van der Waals surface area contributed by atoms with E-state index in [2.05, 4.69) is 12.2 Å². The maximum atomic E-state index is 13.2. The van der Waals surface area contributed by atoms with E-state index in [-0.39, 0.29) is 11.6 Å². The van der Waals surface area contributed by atoms with E-state index in [1.807, 2.05) is 4.90 Å². The first-order valence-corrected chi connectivity index (χ1v) is 8.60. The molecule has 0 saturated carbocycles. The zero-order valence-electron chi connectivity index (χ0n) is 14.5. The van der Waals surface area contributed by atoms with Crippen molar-refractivity contribution in [1.29, 1.82) is 0 Å². The molecule has 6 heteroatoms. The van der Waals surface area contributed by atoms with Crippen LogP contribution in [0.3, 0.4) is 0 Å². The smallest absolute Gasteiger partial charge is 0.255 e. The Morgan fingerprint density at radius 1 is 1.04 bits per heavy atom. The van der Waals surface area contributed by atoms with Crippen LogP contribution < -0.4 is 5.32 Å². The minimum Gasteiger partial charge on any atom is -0.338 e. The molecule has 26 heavy (non-hydrogen) atoms. The van der Waals surface area contributed by atoms with Gasteiger partial charge in [0, 0.05) is 36.0 Å². The summed E-state index contributed by atoms with van der Waals surface area (Å²) in [6.07, 6.45) is 2.13. The number of carbonyl (C=O) groups excluding carboxylic acids is 2. The highest BCUT2D eigenvalue weighted by Gasteiger charge is 2.22. The topological polar surface area (TPSA) is 49.4 Å². The number of nitrogens with zero attached hydrogens (tertiary/aromatic N) is 1. The lowest BCUT2D eigenvalue weighted by Crippen LogP contribution is -2.39. The van der Waals surface area contributed by atoms with E-state index in [0.29, 0.717) is 17.0 Å². The number of carbonyl (C=O) groups is 2. The van der Waals surface area contributed by atoms with Crippen LogP contribution in [0.2, 0.25) is 0 Å². The predicted octanol–water partition coefficient (Wildman–Crippen LogP) is 4.09. The Bertz CT molecular complexity index is 821. The third kappa shape index (κ3) is 4.07. The lowest BCUT2D eigenvalue weighted by Gasteiger charge is -2.31. The van der Waals surface area contributed by atoms with E-state index < -0.39 is 17.5 Å². The minimum absolute atomic E-state index is 0.0379. The van der Waals surface area contributed by atoms with Gasteiger partial charge in [-0.05, 0) is 55.2 Å². The highest BCUT2D eigenvalue weighted by molar-refractivity contribution is 6.05. The van der Waals surface area contributed by atoms with Crippen LogP contribution >= 0.6 is 0 Å². The Labute approximate surface area is 150 Å². The van der Waals surface area contributed by atoms with Gasteiger partial charge in [0.05, 0.1) is 0 Å². The molecule has 1 fully saturated rings. The van der Waals surface area contributed by atoms with Crippen LogP contribution in [-0.2, 0) is 0 Å². The maximum Gasteiger partial charge on any atom is 0.255 e. The standard InChI is InChI=1S/C20H20F2N2O2/c1-13-3-2-10-24(12-13)20(26)15-6-4-14(5-7-15)19(25)23-16-8-9-17(21)18(22)11-16/h4-9,11,13H,2-3,10,12H2,1H3,(H,23,25). The number of piperidine rings is 1. The van der Waals surface area contributed by atoms with E-state index in [9.17, 15) is 18.4 Å². The van der Waals surface area contributed by atoms with Crippen LogP contribution in [0.4, 0.5) is 14.5 Å². The van der Waals surface area contributed by atoms with Crippen molar-refractivity contribution in [2.75, 3.05) is 18.4 Å². The number of anilines is 1. The van der Waals surface area contributed by atoms with Gasteiger partial charge in [-0.25, -0.2) is 8.78 Å². The van der Waals surface area contributed by atoms with E-state index >= 15 is 0 Å². The molecule has 3 rings (SSSR count). The third-order valence-electron chi connectivity index (χ3n) is 4.52. The number of hydrogen-bond acceptors (Lipinski definition) is 2. The van der Waals surface area contributed by atoms with Crippen LogP contribution in [-0.4, -0.2) is 29.8 Å². The number of nitrogens with one attached hydrogen (secondary N) is 1. The largest absolute Gasteiger partial charge is 0.338 e. The molecule has 0 bridgehead atoms. The molecule has 0 aliphatic carbocycles. The fourth-order valence-corrected chi connectivity index (χ4v) is 3.10. The molecular weight excluding hydrogens is 338 g/mol. The summed E-state index contributed by atoms with van der Waals surface area (Å²) in [6.45, 7) is 3.63. The SMILES string of the molecule is CC1CCCN(C(=O)c2ccc(C(=O)Nc3ccc(F)c(F)c3)cc2)C1. The van der Waals surface area contributed by atoms with Crippen molar-refractivity contribution in [3.63, 3.8) is 0 Å². The Balaban J connectivity index is 1.67. The summed E-state index contributed by atoms with van der Waals surface area (Å²) < 4.78 is 26.1. The Kier molecular flexibility index (Phi) is 5.30. The number of hydrogen-bond donors (Lipinski definition) is 1. The lowest BCUT2D eigenvalue weighted by molar-refractivity contribution is 0.0682. The molecule has 1 heterocycles. The van der Waals surface area contributed by atoms with Crippen molar-refractivity contribution >= 4 is 17.5 Å². The summed E-state index contributed by atoms with van der Waals surface area (Å²) in [4.78, 5) is 26.6. The van der Waals surface area contributed by atoms with Crippen molar-refractivity contribution in [3.8, 4) is 0 Å². The first-order valence-electron chi connectivity index (χ1n) is 8.60. The van der Waals surface area contributed by atoms with Gasteiger partial charge >= 0.3 is 0 Å². The van der Waals surface area contributed by atoms with E-state index in [1.54, 1.807) is 24.3 Å². The second kappa shape index (κ2) is 7.64. The second-order valence-corrected chi connectivity index (χ2v) is 6.66. The number of halogens is 2. The quantitative estimate of drug-likeness (QED) is 0.898. The fraction of sp³-hybridized carbons (Fsp3) is 0.300. The van der Waals surface area contributed by atoms with Crippen molar-refractivity contribution in [2.24, 2.45) is 5.92 Å². The minimum atomic E-state index is -1.03. The summed E-state index contributed by atoms with van der Waals surface area (Å²) in [5.41, 5.74) is 1.03. The normalized spacial score (nSPS) is 17.0. The summed E-state index contributed by atoms with van der Waals surface area (Å²) in [5.74, 6) is -2.00. The molecule has 1 unspecified atom stereocenters. The third-order valence-corrected chi connectivity index (χ3v) is 4.52. The van der Waals surface area contributed by atoms with Crippen molar-refractivity contribution in [1.82, 2.24) is 4.90 Å². The maximum absolute atomic E-state index is 13.2. The molecule has 0 aromatic heterocycles. The van der Waals surface area contributed by atoms with E-state index in [0.717, 1.165) is 38.1 Å². The van der Waals surface area contributed by atoms with Crippen molar-refractivity contribution < 1.29 is 18.4 Å². The number of rotatable bonds is 3. The molecule has 2 aromatic rings. The second-order valence-electron chi connectivity index (χ2n) is 6.66. The van der Waals surface area contributed by atoms with Crippen LogP contribution in [0.5, 0.6) is 0 Å². The average molecular weight is 358 g/mol. The molecule has 1 aliphatic heterocycles. The molecule has 1 atom stereocenters. The van der Waals surface area contributed by atoms with Crippen LogP contribution in [0.1, 0.15) is 40.5 Å². The summed E-state index contributed by atoms with van der Waals surface area (Å²) in [6, 6.07) is 9.48. The molecule has 1 N–H and O–H groups in total. The molecule has 1 saturated heterocycles. The Morgan fingerprint density at radius 2 is 1.73 bits per heavy atom. The summed E-state index contributed by atoms with van der Waals surface area (Å²) in [5, 5.41) is 2.50. The van der Waals surface area contributed by atoms with E-state index in [1.165, 1.54) is 6.07 Å². The highest BCUT2D eigenvalue weighted by Crippen LogP contribution is 2.19. The molecule has 2 amide bonds. The zero-order valence-corrected chi connectivity index (χ0v) is 14.5. The molecule has 4 nitrogen and oxygen atoms in total. The predicted molar refractivity (Wildman–Crippen MR) is 95.1 cm³/mol. The number of amides is 2. The van der Waals surface area contributed by atoms with Gasteiger partial charge in [-0.15, -0.1) is 0 Å².